The van der Waals surface area contributed by atoms with Crippen molar-refractivity contribution in [3.8, 4) is 0 Å². The van der Waals surface area contributed by atoms with Crippen molar-refractivity contribution in [2.45, 2.75) is 51.1 Å². The van der Waals surface area contributed by atoms with Crippen molar-refractivity contribution in [1.82, 2.24) is 19.8 Å². The molecule has 2 aliphatic rings. The van der Waals surface area contributed by atoms with E-state index in [1.54, 1.807) is 0 Å². The predicted octanol–water partition coefficient (Wildman–Crippen LogP) is 1.81. The molecule has 0 bridgehead atoms. The topological polar surface area (TPSA) is 58.1 Å². The van der Waals surface area contributed by atoms with Gasteiger partial charge >= 0.3 is 0 Å². The first-order valence-electron chi connectivity index (χ1n) is 7.60. The number of hydrogen-bond acceptors (Lipinski definition) is 5. The zero-order valence-corrected chi connectivity index (χ0v) is 12.6. The van der Waals surface area contributed by atoms with E-state index in [1.165, 1.54) is 43.6 Å². The van der Waals surface area contributed by atoms with Gasteiger partial charge < -0.3 is 5.32 Å². The van der Waals surface area contributed by atoms with Crippen LogP contribution in [-0.4, -0.2) is 39.5 Å². The molecule has 0 spiro atoms. The highest BCUT2D eigenvalue weighted by Crippen LogP contribution is 2.29. The number of hydrogen-bond donors (Lipinski definition) is 1. The van der Waals surface area contributed by atoms with Crippen LogP contribution in [0.15, 0.2) is 5.38 Å². The maximum absolute atomic E-state index is 12.2. The van der Waals surface area contributed by atoms with Crippen LogP contribution in [0.1, 0.15) is 44.2 Å². The lowest BCUT2D eigenvalue weighted by Crippen LogP contribution is -2.55. The SMILES string of the molecule is O=C1NCCN(Cc2csnn2)C1CC1CCCCC1. The van der Waals surface area contributed by atoms with Crippen molar-refractivity contribution in [3.05, 3.63) is 11.1 Å². The summed E-state index contributed by atoms with van der Waals surface area (Å²) >= 11 is 1.38. The highest BCUT2D eigenvalue weighted by Gasteiger charge is 2.32. The second-order valence-corrected chi connectivity index (χ2v) is 6.52. The van der Waals surface area contributed by atoms with Gasteiger partial charge in [-0.3, -0.25) is 9.69 Å². The second-order valence-electron chi connectivity index (χ2n) is 5.91. The Hall–Kier alpha value is -1.01. The molecule has 1 atom stereocenters. The van der Waals surface area contributed by atoms with Gasteiger partial charge in [-0.05, 0) is 23.9 Å². The molecule has 1 N–H and O–H groups in total. The highest BCUT2D eigenvalue weighted by atomic mass is 32.1. The highest BCUT2D eigenvalue weighted by molar-refractivity contribution is 7.03. The molecule has 1 saturated carbocycles. The summed E-state index contributed by atoms with van der Waals surface area (Å²) < 4.78 is 3.91. The fourth-order valence-electron chi connectivity index (χ4n) is 3.41. The third-order valence-electron chi connectivity index (χ3n) is 4.49. The maximum atomic E-state index is 12.2. The minimum Gasteiger partial charge on any atom is -0.353 e. The molecule has 5 nitrogen and oxygen atoms in total. The largest absolute Gasteiger partial charge is 0.353 e. The van der Waals surface area contributed by atoms with E-state index < -0.39 is 0 Å². The molecule has 110 valence electrons. The molecule has 0 radical (unpaired) electrons. The molecule has 1 aromatic heterocycles. The summed E-state index contributed by atoms with van der Waals surface area (Å²) in [5.74, 6) is 0.915. The van der Waals surface area contributed by atoms with Gasteiger partial charge in [-0.1, -0.05) is 36.6 Å². The van der Waals surface area contributed by atoms with Crippen molar-refractivity contribution in [2.24, 2.45) is 5.92 Å². The number of carbonyl (C=O) groups excluding carboxylic acids is 1. The van der Waals surface area contributed by atoms with Gasteiger partial charge in [0.2, 0.25) is 5.91 Å². The molecule has 1 aliphatic heterocycles. The molecular formula is C14H22N4OS. The van der Waals surface area contributed by atoms with Crippen molar-refractivity contribution in [2.75, 3.05) is 13.1 Å². The Morgan fingerprint density at radius 2 is 2.20 bits per heavy atom. The van der Waals surface area contributed by atoms with Crippen LogP contribution in [0, 0.1) is 5.92 Å². The third kappa shape index (κ3) is 3.35. The van der Waals surface area contributed by atoms with Crippen LogP contribution >= 0.6 is 11.5 Å². The van der Waals surface area contributed by atoms with Gasteiger partial charge in [-0.25, -0.2) is 0 Å². The summed E-state index contributed by atoms with van der Waals surface area (Å²) in [7, 11) is 0. The first-order valence-corrected chi connectivity index (χ1v) is 8.44. The molecule has 1 saturated heterocycles. The van der Waals surface area contributed by atoms with E-state index in [2.05, 4.69) is 19.8 Å². The summed E-state index contributed by atoms with van der Waals surface area (Å²) in [6.45, 7) is 2.42. The number of rotatable bonds is 4. The van der Waals surface area contributed by atoms with Gasteiger partial charge in [0, 0.05) is 25.0 Å². The molecule has 20 heavy (non-hydrogen) atoms. The van der Waals surface area contributed by atoms with Crippen LogP contribution in [0.4, 0.5) is 0 Å². The van der Waals surface area contributed by atoms with E-state index in [1.807, 2.05) is 5.38 Å². The first kappa shape index (κ1) is 13.9. The number of nitrogens with zero attached hydrogens (tertiary/aromatic N) is 3. The smallest absolute Gasteiger partial charge is 0.237 e. The Kier molecular flexibility index (Phi) is 4.62. The average molecular weight is 294 g/mol. The molecule has 1 aromatic rings. The van der Waals surface area contributed by atoms with Crippen LogP contribution in [0.25, 0.3) is 0 Å². The molecule has 1 amide bonds. The van der Waals surface area contributed by atoms with Gasteiger partial charge in [0.1, 0.15) is 0 Å². The molecule has 6 heteroatoms. The minimum absolute atomic E-state index is 0.0218. The van der Waals surface area contributed by atoms with E-state index in [-0.39, 0.29) is 11.9 Å². The van der Waals surface area contributed by atoms with Gasteiger partial charge in [0.15, 0.2) is 0 Å². The lowest BCUT2D eigenvalue weighted by Gasteiger charge is -2.37. The minimum atomic E-state index is 0.0218. The Balaban J connectivity index is 1.64. The van der Waals surface area contributed by atoms with Crippen LogP contribution in [0.2, 0.25) is 0 Å². The zero-order chi connectivity index (χ0) is 13.8. The fourth-order valence-corrected chi connectivity index (χ4v) is 3.85. The van der Waals surface area contributed by atoms with Crippen LogP contribution in [0.3, 0.4) is 0 Å². The zero-order valence-electron chi connectivity index (χ0n) is 11.8. The normalized spacial score (nSPS) is 25.6. The number of piperazine rings is 1. The van der Waals surface area contributed by atoms with Gasteiger partial charge in [0.25, 0.3) is 0 Å². The molecule has 0 aromatic carbocycles. The van der Waals surface area contributed by atoms with Crippen LogP contribution in [0.5, 0.6) is 0 Å². The molecule has 1 unspecified atom stereocenters. The molecule has 1 aliphatic carbocycles. The van der Waals surface area contributed by atoms with Gasteiger partial charge in [-0.2, -0.15) is 0 Å². The van der Waals surface area contributed by atoms with Gasteiger partial charge in [0.05, 0.1) is 11.7 Å². The van der Waals surface area contributed by atoms with Crippen molar-refractivity contribution >= 4 is 17.4 Å². The Labute approximate surface area is 123 Å². The summed E-state index contributed by atoms with van der Waals surface area (Å²) in [5.41, 5.74) is 0.985. The summed E-state index contributed by atoms with van der Waals surface area (Å²) in [6.07, 6.45) is 7.60. The molecule has 2 heterocycles. The van der Waals surface area contributed by atoms with Crippen molar-refractivity contribution in [3.63, 3.8) is 0 Å². The third-order valence-corrected chi connectivity index (χ3v) is 5.05. The fraction of sp³-hybridized carbons (Fsp3) is 0.786. The number of aromatic nitrogens is 2. The number of carbonyl (C=O) groups is 1. The van der Waals surface area contributed by atoms with Crippen LogP contribution < -0.4 is 5.32 Å². The Morgan fingerprint density at radius 3 is 2.95 bits per heavy atom. The molecule has 3 rings (SSSR count). The number of amides is 1. The predicted molar refractivity (Wildman–Crippen MR) is 78.3 cm³/mol. The number of nitrogens with one attached hydrogen (secondary N) is 1. The van der Waals surface area contributed by atoms with E-state index in [4.69, 9.17) is 0 Å². The average Bonchev–Trinajstić information content (AvgIpc) is 2.97. The first-order chi connectivity index (χ1) is 9.83. The van der Waals surface area contributed by atoms with Crippen LogP contribution in [-0.2, 0) is 11.3 Å². The quantitative estimate of drug-likeness (QED) is 0.920. The second kappa shape index (κ2) is 6.63. The summed E-state index contributed by atoms with van der Waals surface area (Å²) in [6, 6.07) is 0.0218. The molecule has 2 fully saturated rings. The lowest BCUT2D eigenvalue weighted by atomic mass is 9.84. The molecular weight excluding hydrogens is 272 g/mol. The van der Waals surface area contributed by atoms with Gasteiger partial charge in [-0.15, -0.1) is 5.10 Å². The Morgan fingerprint density at radius 1 is 1.35 bits per heavy atom. The standard InChI is InChI=1S/C14H22N4OS/c19-14-13(8-11-4-2-1-3-5-11)18(7-6-15-14)9-12-10-20-17-16-12/h10-11,13H,1-9H2,(H,15,19). The van der Waals surface area contributed by atoms with E-state index >= 15 is 0 Å². The Bertz CT molecular complexity index is 430. The van der Waals surface area contributed by atoms with E-state index in [9.17, 15) is 4.79 Å². The monoisotopic (exact) mass is 294 g/mol. The maximum Gasteiger partial charge on any atom is 0.237 e. The van der Waals surface area contributed by atoms with Crippen molar-refractivity contribution < 1.29 is 4.79 Å². The van der Waals surface area contributed by atoms with E-state index in [0.29, 0.717) is 5.92 Å². The van der Waals surface area contributed by atoms with E-state index in [0.717, 1.165) is 31.7 Å². The summed E-state index contributed by atoms with van der Waals surface area (Å²) in [5, 5.41) is 9.11. The van der Waals surface area contributed by atoms with Crippen molar-refractivity contribution in [1.29, 1.82) is 0 Å². The summed E-state index contributed by atoms with van der Waals surface area (Å²) in [4.78, 5) is 14.5. The lowest BCUT2D eigenvalue weighted by molar-refractivity contribution is -0.130.